The second kappa shape index (κ2) is 6.46. The minimum absolute atomic E-state index is 0.189. The molecule has 0 aliphatic heterocycles. The summed E-state index contributed by atoms with van der Waals surface area (Å²) in [6.07, 6.45) is 6.38. The third-order valence-corrected chi connectivity index (χ3v) is 3.62. The molecule has 1 saturated carbocycles. The van der Waals surface area contributed by atoms with E-state index < -0.39 is 0 Å². The van der Waals surface area contributed by atoms with Crippen LogP contribution in [0.4, 0.5) is 0 Å². The highest BCUT2D eigenvalue weighted by Crippen LogP contribution is 2.27. The maximum absolute atomic E-state index is 12.0. The van der Waals surface area contributed by atoms with Gasteiger partial charge >= 0.3 is 0 Å². The summed E-state index contributed by atoms with van der Waals surface area (Å²) in [5, 5.41) is 4.35. The summed E-state index contributed by atoms with van der Waals surface area (Å²) < 4.78 is 0. The molecule has 0 unspecified atom stereocenters. The predicted octanol–water partition coefficient (Wildman–Crippen LogP) is 3.32. The number of carbonyl (C=O) groups is 1. The van der Waals surface area contributed by atoms with Gasteiger partial charge in [-0.3, -0.25) is 9.78 Å². The van der Waals surface area contributed by atoms with Crippen molar-refractivity contribution in [1.29, 1.82) is 0 Å². The molecule has 0 bridgehead atoms. The van der Waals surface area contributed by atoms with Crippen LogP contribution < -0.4 is 5.43 Å². The van der Waals surface area contributed by atoms with Gasteiger partial charge in [-0.2, -0.15) is 5.10 Å². The molecule has 1 aromatic heterocycles. The van der Waals surface area contributed by atoms with Crippen LogP contribution in [0.25, 0.3) is 0 Å². The second-order valence-electron chi connectivity index (χ2n) is 5.56. The fraction of sp³-hybridized carbons (Fsp3) is 0.438. The number of hydrazone groups is 1. The summed E-state index contributed by atoms with van der Waals surface area (Å²) in [6, 6.07) is 3.36. The Bertz CT molecular complexity index is 542. The van der Waals surface area contributed by atoms with Crippen molar-refractivity contribution in [2.45, 2.75) is 40.0 Å². The quantitative estimate of drug-likeness (QED) is 0.839. The van der Waals surface area contributed by atoms with Gasteiger partial charge < -0.3 is 0 Å². The van der Waals surface area contributed by atoms with Crippen LogP contribution in [0.15, 0.2) is 40.8 Å². The molecule has 1 N–H and O–H groups in total. The van der Waals surface area contributed by atoms with Crippen LogP contribution in [-0.4, -0.2) is 16.6 Å². The van der Waals surface area contributed by atoms with Crippen molar-refractivity contribution in [3.63, 3.8) is 0 Å². The highest BCUT2D eigenvalue weighted by molar-refractivity contribution is 6.03. The molecule has 0 spiro atoms. The van der Waals surface area contributed by atoms with E-state index in [0.29, 0.717) is 11.5 Å². The van der Waals surface area contributed by atoms with E-state index in [1.54, 1.807) is 24.5 Å². The van der Waals surface area contributed by atoms with Crippen LogP contribution in [0.3, 0.4) is 0 Å². The minimum Gasteiger partial charge on any atom is -0.267 e. The zero-order valence-electron chi connectivity index (χ0n) is 12.3. The lowest BCUT2D eigenvalue weighted by Crippen LogP contribution is -2.24. The molecule has 1 heterocycles. The largest absolute Gasteiger partial charge is 0.271 e. The number of pyridine rings is 1. The van der Waals surface area contributed by atoms with E-state index >= 15 is 0 Å². The van der Waals surface area contributed by atoms with Gasteiger partial charge in [-0.05, 0) is 56.7 Å². The van der Waals surface area contributed by atoms with E-state index in [9.17, 15) is 4.79 Å². The Labute approximate surface area is 120 Å². The van der Waals surface area contributed by atoms with Crippen molar-refractivity contribution < 1.29 is 4.79 Å². The molecule has 1 amide bonds. The summed E-state index contributed by atoms with van der Waals surface area (Å²) >= 11 is 0. The lowest BCUT2D eigenvalue weighted by atomic mass is 9.83. The van der Waals surface area contributed by atoms with Crippen molar-refractivity contribution >= 4 is 11.6 Å². The molecule has 1 aliphatic rings. The first-order valence-electron chi connectivity index (χ1n) is 7.01. The molecule has 1 aliphatic carbocycles. The van der Waals surface area contributed by atoms with Gasteiger partial charge in [0.1, 0.15) is 0 Å². The number of allylic oxidation sites excluding steroid dienone is 2. The number of amides is 1. The van der Waals surface area contributed by atoms with Gasteiger partial charge in [0.15, 0.2) is 0 Å². The van der Waals surface area contributed by atoms with Gasteiger partial charge in [-0.25, -0.2) is 5.43 Å². The molecule has 4 nitrogen and oxygen atoms in total. The fourth-order valence-electron chi connectivity index (χ4n) is 2.43. The number of carbonyl (C=O) groups excluding carboxylic acids is 1. The molecule has 2 rings (SSSR count). The molecule has 0 radical (unpaired) electrons. The third-order valence-electron chi connectivity index (χ3n) is 3.62. The van der Waals surface area contributed by atoms with Crippen LogP contribution in [-0.2, 0) is 0 Å². The number of hydrogen-bond donors (Lipinski definition) is 1. The zero-order valence-corrected chi connectivity index (χ0v) is 12.3. The third kappa shape index (κ3) is 3.53. The van der Waals surface area contributed by atoms with Crippen LogP contribution >= 0.6 is 0 Å². The van der Waals surface area contributed by atoms with Crippen molar-refractivity contribution in [3.8, 4) is 0 Å². The van der Waals surface area contributed by atoms with Gasteiger partial charge in [0.05, 0.1) is 5.71 Å². The average Bonchev–Trinajstić information content (AvgIpc) is 2.45. The van der Waals surface area contributed by atoms with Gasteiger partial charge in [-0.1, -0.05) is 12.5 Å². The lowest BCUT2D eigenvalue weighted by Gasteiger charge is -2.23. The van der Waals surface area contributed by atoms with Crippen molar-refractivity contribution in [2.75, 3.05) is 0 Å². The molecule has 106 valence electrons. The Morgan fingerprint density at radius 1 is 1.35 bits per heavy atom. The number of aromatic nitrogens is 1. The first-order valence-corrected chi connectivity index (χ1v) is 7.01. The minimum atomic E-state index is -0.189. The number of nitrogens with zero attached hydrogens (tertiary/aromatic N) is 2. The van der Waals surface area contributed by atoms with Gasteiger partial charge in [0.2, 0.25) is 0 Å². The van der Waals surface area contributed by atoms with Crippen LogP contribution in [0, 0.1) is 5.92 Å². The molecule has 4 heteroatoms. The monoisotopic (exact) mass is 271 g/mol. The Balaban J connectivity index is 2.13. The molecule has 1 fully saturated rings. The summed E-state index contributed by atoms with van der Waals surface area (Å²) in [5.41, 5.74) is 6.83. The maximum Gasteiger partial charge on any atom is 0.271 e. The number of hydrogen-bond acceptors (Lipinski definition) is 3. The van der Waals surface area contributed by atoms with Gasteiger partial charge in [0.25, 0.3) is 5.91 Å². The zero-order chi connectivity index (χ0) is 14.5. The molecule has 1 aromatic rings. The van der Waals surface area contributed by atoms with E-state index in [-0.39, 0.29) is 5.91 Å². The summed E-state index contributed by atoms with van der Waals surface area (Å²) in [7, 11) is 0. The van der Waals surface area contributed by atoms with E-state index in [0.717, 1.165) is 18.6 Å². The average molecular weight is 271 g/mol. The van der Waals surface area contributed by atoms with E-state index in [2.05, 4.69) is 36.3 Å². The highest BCUT2D eigenvalue weighted by atomic mass is 16.2. The predicted molar refractivity (Wildman–Crippen MR) is 80.5 cm³/mol. The Morgan fingerprint density at radius 2 is 2.05 bits per heavy atom. The Hall–Kier alpha value is -1.97. The molecule has 0 aromatic carbocycles. The lowest BCUT2D eigenvalue weighted by molar-refractivity contribution is 0.0954. The Morgan fingerprint density at radius 3 is 2.70 bits per heavy atom. The van der Waals surface area contributed by atoms with Crippen LogP contribution in [0.2, 0.25) is 0 Å². The summed E-state index contributed by atoms with van der Waals surface area (Å²) in [6.45, 7) is 6.43. The maximum atomic E-state index is 12.0. The topological polar surface area (TPSA) is 54.4 Å². The SMILES string of the molecule is CC(C)=C1CC[C@@H](C)C/C1=N\NC(=O)c1ccncc1. The van der Waals surface area contributed by atoms with Gasteiger partial charge in [0, 0.05) is 18.0 Å². The van der Waals surface area contributed by atoms with E-state index in [4.69, 9.17) is 0 Å². The van der Waals surface area contributed by atoms with E-state index in [1.807, 2.05) is 0 Å². The number of rotatable bonds is 2. The number of nitrogens with one attached hydrogen (secondary N) is 1. The van der Waals surface area contributed by atoms with Crippen molar-refractivity contribution in [2.24, 2.45) is 11.0 Å². The first-order chi connectivity index (χ1) is 9.58. The first kappa shape index (κ1) is 14.4. The Kier molecular flexibility index (Phi) is 4.66. The molecule has 1 atom stereocenters. The van der Waals surface area contributed by atoms with Crippen LogP contribution in [0.5, 0.6) is 0 Å². The normalized spacial score (nSPS) is 20.9. The molecular formula is C16H21N3O. The highest BCUT2D eigenvalue weighted by Gasteiger charge is 2.20. The second-order valence-corrected chi connectivity index (χ2v) is 5.56. The summed E-state index contributed by atoms with van der Waals surface area (Å²) in [4.78, 5) is 15.9. The standard InChI is InChI=1S/C16H21N3O/c1-11(2)14-5-4-12(3)10-15(14)18-19-16(20)13-6-8-17-9-7-13/h6-9,12H,4-5,10H2,1-3H3,(H,19,20)/b18-15+/t12-/m1/s1. The van der Waals surface area contributed by atoms with Crippen molar-refractivity contribution in [3.05, 3.63) is 41.2 Å². The van der Waals surface area contributed by atoms with E-state index in [1.165, 1.54) is 17.6 Å². The van der Waals surface area contributed by atoms with Crippen LogP contribution in [0.1, 0.15) is 50.4 Å². The van der Waals surface area contributed by atoms with Gasteiger partial charge in [-0.15, -0.1) is 0 Å². The fourth-order valence-corrected chi connectivity index (χ4v) is 2.43. The van der Waals surface area contributed by atoms with Crippen molar-refractivity contribution in [1.82, 2.24) is 10.4 Å². The molecule has 0 saturated heterocycles. The smallest absolute Gasteiger partial charge is 0.267 e. The molecule has 20 heavy (non-hydrogen) atoms. The molecular weight excluding hydrogens is 250 g/mol. The summed E-state index contributed by atoms with van der Waals surface area (Å²) in [5.74, 6) is 0.431.